The Morgan fingerprint density at radius 2 is 2.15 bits per heavy atom. The SMILES string of the molecule is CCC(CCCl)NC(=O)c1c(F)ccc([N+](=O)[O-])c1F. The number of alkyl halides is 1. The number of halogens is 3. The Hall–Kier alpha value is -1.76. The van der Waals surface area contributed by atoms with Gasteiger partial charge in [0.2, 0.25) is 5.82 Å². The normalized spacial score (nSPS) is 12.0. The van der Waals surface area contributed by atoms with Gasteiger partial charge in [0.1, 0.15) is 11.4 Å². The molecule has 0 aromatic heterocycles. The van der Waals surface area contributed by atoms with E-state index in [1.54, 1.807) is 6.92 Å². The van der Waals surface area contributed by atoms with Crippen LogP contribution in [0.3, 0.4) is 0 Å². The number of rotatable bonds is 6. The average molecular weight is 307 g/mol. The number of nitro groups is 1. The summed E-state index contributed by atoms with van der Waals surface area (Å²) in [7, 11) is 0. The van der Waals surface area contributed by atoms with Crippen LogP contribution in [0, 0.1) is 21.7 Å². The van der Waals surface area contributed by atoms with Gasteiger partial charge in [-0.3, -0.25) is 14.9 Å². The highest BCUT2D eigenvalue weighted by Crippen LogP contribution is 2.23. The molecule has 1 rings (SSSR count). The second-order valence-corrected chi connectivity index (χ2v) is 4.45. The minimum absolute atomic E-state index is 0.276. The average Bonchev–Trinajstić information content (AvgIpc) is 2.37. The van der Waals surface area contributed by atoms with E-state index >= 15 is 0 Å². The maximum atomic E-state index is 13.8. The van der Waals surface area contributed by atoms with Crippen LogP contribution in [0.4, 0.5) is 14.5 Å². The fourth-order valence-electron chi connectivity index (χ4n) is 1.66. The van der Waals surface area contributed by atoms with Gasteiger partial charge in [-0.05, 0) is 18.9 Å². The highest BCUT2D eigenvalue weighted by atomic mass is 35.5. The van der Waals surface area contributed by atoms with Crippen molar-refractivity contribution in [2.75, 3.05) is 5.88 Å². The van der Waals surface area contributed by atoms with Crippen LogP contribution in [0.5, 0.6) is 0 Å². The highest BCUT2D eigenvalue weighted by Gasteiger charge is 2.27. The second-order valence-electron chi connectivity index (χ2n) is 4.07. The van der Waals surface area contributed by atoms with Crippen molar-refractivity contribution in [3.8, 4) is 0 Å². The summed E-state index contributed by atoms with van der Waals surface area (Å²) >= 11 is 5.55. The summed E-state index contributed by atoms with van der Waals surface area (Å²) in [6.07, 6.45) is 0.957. The molecule has 5 nitrogen and oxygen atoms in total. The molecule has 1 aromatic rings. The Labute approximate surface area is 119 Å². The van der Waals surface area contributed by atoms with Gasteiger partial charge in [0.25, 0.3) is 5.91 Å². The molecule has 0 radical (unpaired) electrons. The molecule has 0 aliphatic heterocycles. The third-order valence-electron chi connectivity index (χ3n) is 2.78. The van der Waals surface area contributed by atoms with Crippen molar-refractivity contribution in [2.45, 2.75) is 25.8 Å². The quantitative estimate of drug-likeness (QED) is 0.499. The van der Waals surface area contributed by atoms with Gasteiger partial charge in [-0.25, -0.2) is 4.39 Å². The van der Waals surface area contributed by atoms with E-state index in [9.17, 15) is 23.7 Å². The van der Waals surface area contributed by atoms with E-state index < -0.39 is 33.7 Å². The summed E-state index contributed by atoms with van der Waals surface area (Å²) < 4.78 is 27.3. The number of amides is 1. The summed E-state index contributed by atoms with van der Waals surface area (Å²) in [6.45, 7) is 1.78. The van der Waals surface area contributed by atoms with Crippen LogP contribution in [0.25, 0.3) is 0 Å². The third kappa shape index (κ3) is 3.63. The Morgan fingerprint density at radius 1 is 1.50 bits per heavy atom. The highest BCUT2D eigenvalue weighted by molar-refractivity contribution is 6.17. The number of carbonyl (C=O) groups is 1. The van der Waals surface area contributed by atoms with Crippen LogP contribution in [0.1, 0.15) is 30.1 Å². The monoisotopic (exact) mass is 306 g/mol. The largest absolute Gasteiger partial charge is 0.349 e. The van der Waals surface area contributed by atoms with E-state index in [0.717, 1.165) is 0 Å². The van der Waals surface area contributed by atoms with E-state index in [1.165, 1.54) is 0 Å². The Kier molecular flexibility index (Phi) is 5.82. The number of hydrogen-bond donors (Lipinski definition) is 1. The van der Waals surface area contributed by atoms with Gasteiger partial charge in [-0.1, -0.05) is 6.92 Å². The molecule has 20 heavy (non-hydrogen) atoms. The van der Waals surface area contributed by atoms with Crippen LogP contribution >= 0.6 is 11.6 Å². The number of benzene rings is 1. The van der Waals surface area contributed by atoms with Crippen molar-refractivity contribution >= 4 is 23.2 Å². The molecule has 0 fully saturated rings. The minimum Gasteiger partial charge on any atom is -0.349 e. The molecule has 0 aliphatic carbocycles. The van der Waals surface area contributed by atoms with Gasteiger partial charge < -0.3 is 5.32 Å². The predicted octanol–water partition coefficient (Wildman–Crippen LogP) is 3.01. The molecular weight excluding hydrogens is 294 g/mol. The van der Waals surface area contributed by atoms with Crippen molar-refractivity contribution in [1.29, 1.82) is 0 Å². The third-order valence-corrected chi connectivity index (χ3v) is 3.00. The summed E-state index contributed by atoms with van der Waals surface area (Å²) in [6, 6.07) is 1.02. The molecule has 1 atom stereocenters. The number of nitro benzene ring substituents is 1. The minimum atomic E-state index is -1.48. The first-order valence-corrected chi connectivity index (χ1v) is 6.45. The van der Waals surface area contributed by atoms with Crippen molar-refractivity contribution in [2.24, 2.45) is 0 Å². The lowest BCUT2D eigenvalue weighted by Crippen LogP contribution is -2.35. The summed E-state index contributed by atoms with van der Waals surface area (Å²) in [5, 5.41) is 13.0. The predicted molar refractivity (Wildman–Crippen MR) is 69.9 cm³/mol. The fraction of sp³-hybridized carbons (Fsp3) is 0.417. The Balaban J connectivity index is 3.09. The van der Waals surface area contributed by atoms with E-state index in [-0.39, 0.29) is 11.9 Å². The van der Waals surface area contributed by atoms with Crippen LogP contribution in [0.15, 0.2) is 12.1 Å². The van der Waals surface area contributed by atoms with Gasteiger partial charge in [-0.2, -0.15) is 4.39 Å². The molecule has 110 valence electrons. The zero-order chi connectivity index (χ0) is 15.3. The maximum absolute atomic E-state index is 13.8. The van der Waals surface area contributed by atoms with Crippen LogP contribution in [-0.2, 0) is 0 Å². The second kappa shape index (κ2) is 7.14. The van der Waals surface area contributed by atoms with Gasteiger partial charge in [-0.15, -0.1) is 11.6 Å². The standard InChI is InChI=1S/C12H13ClF2N2O3/c1-2-7(5-6-13)16-12(18)10-8(14)3-4-9(11(10)15)17(19)20/h3-4,7H,2,5-6H2,1H3,(H,16,18). The van der Waals surface area contributed by atoms with Crippen LogP contribution < -0.4 is 5.32 Å². The number of hydrogen-bond acceptors (Lipinski definition) is 3. The van der Waals surface area contributed by atoms with E-state index in [4.69, 9.17) is 11.6 Å². The zero-order valence-electron chi connectivity index (χ0n) is 10.7. The molecule has 1 amide bonds. The van der Waals surface area contributed by atoms with E-state index in [0.29, 0.717) is 25.0 Å². The lowest BCUT2D eigenvalue weighted by molar-refractivity contribution is -0.387. The van der Waals surface area contributed by atoms with Crippen LogP contribution in [-0.4, -0.2) is 22.8 Å². The first-order chi connectivity index (χ1) is 9.42. The molecule has 0 saturated carbocycles. The van der Waals surface area contributed by atoms with Crippen molar-refractivity contribution in [3.05, 3.63) is 39.4 Å². The molecule has 0 heterocycles. The molecule has 0 aliphatic rings. The van der Waals surface area contributed by atoms with Crippen molar-refractivity contribution in [1.82, 2.24) is 5.32 Å². The summed E-state index contributed by atoms with van der Waals surface area (Å²) in [5.41, 5.74) is -1.89. The van der Waals surface area contributed by atoms with E-state index in [1.807, 2.05) is 0 Å². The lowest BCUT2D eigenvalue weighted by Gasteiger charge is -2.16. The molecule has 8 heteroatoms. The van der Waals surface area contributed by atoms with Gasteiger partial charge in [0.05, 0.1) is 4.92 Å². The summed E-state index contributed by atoms with van der Waals surface area (Å²) in [4.78, 5) is 21.4. The molecule has 1 N–H and O–H groups in total. The van der Waals surface area contributed by atoms with Crippen molar-refractivity contribution < 1.29 is 18.5 Å². The first kappa shape index (κ1) is 16.3. The molecule has 1 aromatic carbocycles. The molecular formula is C12H13ClF2N2O3. The first-order valence-electron chi connectivity index (χ1n) is 5.91. The number of nitrogens with one attached hydrogen (secondary N) is 1. The van der Waals surface area contributed by atoms with Gasteiger partial charge in [0, 0.05) is 18.0 Å². The zero-order valence-corrected chi connectivity index (χ0v) is 11.4. The molecule has 0 spiro atoms. The Morgan fingerprint density at radius 3 is 2.65 bits per heavy atom. The van der Waals surface area contributed by atoms with Gasteiger partial charge in [0.15, 0.2) is 0 Å². The molecule has 0 bridgehead atoms. The molecule has 0 saturated heterocycles. The smallest absolute Gasteiger partial charge is 0.305 e. The maximum Gasteiger partial charge on any atom is 0.305 e. The number of nitrogens with zero attached hydrogens (tertiary/aromatic N) is 1. The fourth-order valence-corrected chi connectivity index (χ4v) is 1.92. The topological polar surface area (TPSA) is 72.2 Å². The van der Waals surface area contributed by atoms with Crippen LogP contribution in [0.2, 0.25) is 0 Å². The lowest BCUT2D eigenvalue weighted by atomic mass is 10.1. The van der Waals surface area contributed by atoms with Crippen molar-refractivity contribution in [3.63, 3.8) is 0 Å². The summed E-state index contributed by atoms with van der Waals surface area (Å²) in [5.74, 6) is -3.38. The van der Waals surface area contributed by atoms with Gasteiger partial charge >= 0.3 is 5.69 Å². The number of carbonyl (C=O) groups excluding carboxylic acids is 1. The molecule has 1 unspecified atom stereocenters. The van der Waals surface area contributed by atoms with E-state index in [2.05, 4.69) is 5.32 Å². The Bertz CT molecular complexity index is 526.